The van der Waals surface area contributed by atoms with E-state index >= 15 is 0 Å². The molecule has 0 saturated carbocycles. The number of aryl methyl sites for hydroxylation is 1. The van der Waals surface area contributed by atoms with Crippen LogP contribution < -0.4 is 5.69 Å². The summed E-state index contributed by atoms with van der Waals surface area (Å²) in [7, 11) is 0. The predicted octanol–water partition coefficient (Wildman–Crippen LogP) is 1.53. The number of nitrogens with zero attached hydrogens (tertiary/aromatic N) is 4. The zero-order valence-corrected chi connectivity index (χ0v) is 9.66. The van der Waals surface area contributed by atoms with E-state index in [1.165, 1.54) is 10.8 Å². The second-order valence-corrected chi connectivity index (χ2v) is 3.71. The number of hydrogen-bond donors (Lipinski definition) is 0. The van der Waals surface area contributed by atoms with E-state index in [-0.39, 0.29) is 10.9 Å². The normalized spacial score (nSPS) is 11.6. The van der Waals surface area contributed by atoms with Gasteiger partial charge in [0.25, 0.3) is 6.43 Å². The Kier molecular flexibility index (Phi) is 3.10. The lowest BCUT2D eigenvalue weighted by atomic mass is 10.5. The summed E-state index contributed by atoms with van der Waals surface area (Å²) in [4.78, 5) is 19.4. The molecule has 0 radical (unpaired) electrons. The molecule has 0 bridgehead atoms. The molecule has 0 atom stereocenters. The minimum Gasteiger partial charge on any atom is -0.289 e. The van der Waals surface area contributed by atoms with Gasteiger partial charge in [-0.05, 0) is 18.5 Å². The first-order valence-corrected chi connectivity index (χ1v) is 5.32. The van der Waals surface area contributed by atoms with Crippen LogP contribution in [0.25, 0.3) is 11.2 Å². The summed E-state index contributed by atoms with van der Waals surface area (Å²) in [6.45, 7) is 1.40. The van der Waals surface area contributed by atoms with Crippen molar-refractivity contribution in [2.24, 2.45) is 0 Å². The van der Waals surface area contributed by atoms with Crippen LogP contribution in [-0.4, -0.2) is 25.5 Å². The number of rotatable bonds is 3. The van der Waals surface area contributed by atoms with Crippen LogP contribution in [0.1, 0.15) is 6.92 Å². The molecule has 8 heteroatoms. The molecule has 0 aliphatic heterocycles. The Bertz CT molecular complexity index is 607. The molecule has 0 amide bonds. The molecule has 0 saturated heterocycles. The largest absolute Gasteiger partial charge is 0.330 e. The summed E-state index contributed by atoms with van der Waals surface area (Å²) >= 11 is 5.60. The molecule has 5 nitrogen and oxygen atoms in total. The van der Waals surface area contributed by atoms with Crippen LogP contribution in [0.5, 0.6) is 0 Å². The van der Waals surface area contributed by atoms with Crippen LogP contribution in [0.4, 0.5) is 8.78 Å². The number of hydrogen-bond acceptors (Lipinski definition) is 3. The van der Waals surface area contributed by atoms with Crippen molar-refractivity contribution in [1.29, 1.82) is 0 Å². The number of halogens is 3. The minimum absolute atomic E-state index is 0.0752. The monoisotopic (exact) mass is 262 g/mol. The highest BCUT2D eigenvalue weighted by atomic mass is 35.5. The summed E-state index contributed by atoms with van der Waals surface area (Å²) in [5.74, 6) is 0. The van der Waals surface area contributed by atoms with Gasteiger partial charge in [-0.2, -0.15) is 4.98 Å². The van der Waals surface area contributed by atoms with Crippen LogP contribution >= 0.6 is 11.6 Å². The topological polar surface area (TPSA) is 52.7 Å². The Morgan fingerprint density at radius 1 is 1.47 bits per heavy atom. The van der Waals surface area contributed by atoms with Crippen molar-refractivity contribution < 1.29 is 8.78 Å². The molecule has 0 fully saturated rings. The fraction of sp³-hybridized carbons (Fsp3) is 0.444. The fourth-order valence-corrected chi connectivity index (χ4v) is 1.81. The Morgan fingerprint density at radius 3 is 2.76 bits per heavy atom. The van der Waals surface area contributed by atoms with E-state index in [2.05, 4.69) is 9.97 Å². The van der Waals surface area contributed by atoms with Gasteiger partial charge < -0.3 is 0 Å². The van der Waals surface area contributed by atoms with E-state index in [4.69, 9.17) is 11.6 Å². The smallest absolute Gasteiger partial charge is 0.289 e. The van der Waals surface area contributed by atoms with Crippen molar-refractivity contribution >= 4 is 22.8 Å². The number of imidazole rings is 1. The second kappa shape index (κ2) is 4.40. The van der Waals surface area contributed by atoms with Gasteiger partial charge in [-0.3, -0.25) is 9.13 Å². The third-order valence-electron chi connectivity index (χ3n) is 2.37. The van der Waals surface area contributed by atoms with Crippen LogP contribution in [0.15, 0.2) is 11.0 Å². The molecular weight excluding hydrogens is 254 g/mol. The highest BCUT2D eigenvalue weighted by molar-refractivity contribution is 6.28. The number of alkyl halides is 2. The molecule has 2 heterocycles. The van der Waals surface area contributed by atoms with E-state index in [9.17, 15) is 13.6 Å². The van der Waals surface area contributed by atoms with Gasteiger partial charge in [0.2, 0.25) is 5.28 Å². The van der Waals surface area contributed by atoms with E-state index < -0.39 is 18.7 Å². The third-order valence-corrected chi connectivity index (χ3v) is 2.55. The van der Waals surface area contributed by atoms with Gasteiger partial charge in [0.1, 0.15) is 5.52 Å². The lowest BCUT2D eigenvalue weighted by Crippen LogP contribution is -2.26. The Labute approximate surface area is 99.7 Å². The van der Waals surface area contributed by atoms with E-state index in [1.54, 1.807) is 6.92 Å². The summed E-state index contributed by atoms with van der Waals surface area (Å²) < 4.78 is 27.0. The molecule has 0 aliphatic carbocycles. The lowest BCUT2D eigenvalue weighted by molar-refractivity contribution is 0.126. The molecule has 92 valence electrons. The summed E-state index contributed by atoms with van der Waals surface area (Å²) in [5.41, 5.74) is 0.0130. The first kappa shape index (κ1) is 12.0. The molecule has 0 aliphatic rings. The van der Waals surface area contributed by atoms with Gasteiger partial charge >= 0.3 is 5.69 Å². The van der Waals surface area contributed by atoms with E-state index in [0.717, 1.165) is 4.57 Å². The maximum Gasteiger partial charge on any atom is 0.330 e. The molecule has 2 rings (SSSR count). The lowest BCUT2D eigenvalue weighted by Gasteiger charge is -2.00. The Balaban J connectivity index is 2.76. The summed E-state index contributed by atoms with van der Waals surface area (Å²) in [5, 5.41) is -0.0752. The molecular formula is C9H9ClF2N4O. The van der Waals surface area contributed by atoms with Gasteiger partial charge in [-0.25, -0.2) is 18.6 Å². The van der Waals surface area contributed by atoms with Gasteiger partial charge in [-0.15, -0.1) is 0 Å². The van der Waals surface area contributed by atoms with E-state index in [0.29, 0.717) is 12.1 Å². The number of fused-ring (bicyclic) bond motifs is 1. The first-order valence-electron chi connectivity index (χ1n) is 4.94. The second-order valence-electron chi connectivity index (χ2n) is 3.38. The fourth-order valence-electron chi connectivity index (χ4n) is 1.68. The molecule has 0 aromatic carbocycles. The van der Waals surface area contributed by atoms with Gasteiger partial charge in [0.15, 0.2) is 5.65 Å². The van der Waals surface area contributed by atoms with Gasteiger partial charge in [-0.1, -0.05) is 0 Å². The van der Waals surface area contributed by atoms with Crippen molar-refractivity contribution in [3.8, 4) is 0 Å². The molecule has 2 aromatic heterocycles. The van der Waals surface area contributed by atoms with Crippen LogP contribution in [0.2, 0.25) is 5.28 Å². The van der Waals surface area contributed by atoms with Crippen molar-refractivity contribution in [3.63, 3.8) is 0 Å². The zero-order chi connectivity index (χ0) is 12.6. The van der Waals surface area contributed by atoms with Crippen LogP contribution in [-0.2, 0) is 13.1 Å². The molecule has 0 unspecified atom stereocenters. The van der Waals surface area contributed by atoms with Gasteiger partial charge in [0.05, 0.1) is 12.7 Å². The SMILES string of the molecule is CCn1c(=O)n(CC(F)F)c2nc(Cl)ncc21. The van der Waals surface area contributed by atoms with Crippen molar-refractivity contribution in [3.05, 3.63) is 22.0 Å². The third kappa shape index (κ3) is 2.02. The average molecular weight is 263 g/mol. The van der Waals surface area contributed by atoms with Crippen LogP contribution in [0, 0.1) is 0 Å². The Morgan fingerprint density at radius 2 is 2.18 bits per heavy atom. The standard InChI is InChI=1S/C9H9ClF2N4O/c1-2-15-5-3-13-8(10)14-7(5)16(9(15)17)4-6(11)12/h3,6H,2,4H2,1H3. The van der Waals surface area contributed by atoms with Crippen LogP contribution in [0.3, 0.4) is 0 Å². The molecule has 2 aromatic rings. The Hall–Kier alpha value is -1.50. The average Bonchev–Trinajstić information content (AvgIpc) is 2.51. The summed E-state index contributed by atoms with van der Waals surface area (Å²) in [6, 6.07) is 0. The highest BCUT2D eigenvalue weighted by Gasteiger charge is 2.17. The highest BCUT2D eigenvalue weighted by Crippen LogP contribution is 2.13. The van der Waals surface area contributed by atoms with Crippen molar-refractivity contribution in [1.82, 2.24) is 19.1 Å². The molecule has 0 N–H and O–H groups in total. The number of aromatic nitrogens is 4. The molecule has 17 heavy (non-hydrogen) atoms. The molecule has 0 spiro atoms. The van der Waals surface area contributed by atoms with Crippen molar-refractivity contribution in [2.75, 3.05) is 0 Å². The maximum atomic E-state index is 12.4. The van der Waals surface area contributed by atoms with E-state index in [1.807, 2.05) is 0 Å². The first-order chi connectivity index (χ1) is 8.04. The minimum atomic E-state index is -2.63. The summed E-state index contributed by atoms with van der Waals surface area (Å²) in [6.07, 6.45) is -1.27. The quantitative estimate of drug-likeness (QED) is 0.789. The predicted molar refractivity (Wildman–Crippen MR) is 58.5 cm³/mol. The van der Waals surface area contributed by atoms with Crippen molar-refractivity contribution in [2.45, 2.75) is 26.4 Å². The maximum absolute atomic E-state index is 12.4. The van der Waals surface area contributed by atoms with Gasteiger partial charge in [0, 0.05) is 6.54 Å². The zero-order valence-electron chi connectivity index (χ0n) is 8.90.